The van der Waals surface area contributed by atoms with Crippen molar-refractivity contribution in [3.63, 3.8) is 0 Å². The molecule has 0 aliphatic heterocycles. The van der Waals surface area contributed by atoms with Gasteiger partial charge < -0.3 is 19.8 Å². The van der Waals surface area contributed by atoms with E-state index in [1.165, 1.54) is 0 Å². The van der Waals surface area contributed by atoms with E-state index in [-0.39, 0.29) is 28.8 Å². The third kappa shape index (κ3) is 4.68. The number of aliphatic carboxylic acids is 2. The van der Waals surface area contributed by atoms with Crippen LogP contribution >= 0.6 is 0 Å². The van der Waals surface area contributed by atoms with Crippen molar-refractivity contribution in [2.24, 2.45) is 10.8 Å². The smallest absolute Gasteiger partial charge is 0.0476 e. The second-order valence-corrected chi connectivity index (χ2v) is 5.02. The first kappa shape index (κ1) is 18.1. The molecule has 4 nitrogen and oxygen atoms in total. The van der Waals surface area contributed by atoms with Gasteiger partial charge in [-0.2, -0.15) is 0 Å². The third-order valence-corrected chi connectivity index (χ3v) is 3.38. The normalized spacial score (nSPS) is 11.8. The predicted molar refractivity (Wildman–Crippen MR) is 51.4 cm³/mol. The molecule has 0 fully saturated rings. The zero-order valence-corrected chi connectivity index (χ0v) is 11.5. The molecule has 16 heavy (non-hydrogen) atoms. The van der Waals surface area contributed by atoms with Crippen LogP contribution in [0, 0.1) is 10.8 Å². The minimum absolute atomic E-state index is 0. The van der Waals surface area contributed by atoms with Crippen LogP contribution in [0.1, 0.15) is 47.0 Å². The van der Waals surface area contributed by atoms with E-state index in [1.807, 2.05) is 0 Å². The van der Waals surface area contributed by atoms with Gasteiger partial charge in [-0.3, -0.25) is 0 Å². The molecule has 0 N–H and O–H groups in total. The first-order chi connectivity index (χ1) is 6.61. The van der Waals surface area contributed by atoms with Gasteiger partial charge in [0.15, 0.2) is 0 Å². The molecule has 0 spiro atoms. The average molecular weight is 322 g/mol. The molecule has 1 radical (unpaired) electrons. The summed E-state index contributed by atoms with van der Waals surface area (Å²) in [7, 11) is 0. The molecule has 0 bridgehead atoms. The molecular weight excluding hydrogens is 304 g/mol. The van der Waals surface area contributed by atoms with Crippen molar-refractivity contribution in [1.29, 1.82) is 0 Å². The maximum Gasteiger partial charge on any atom is 0.0476 e. The Kier molecular flexibility index (Phi) is 7.25. The fraction of sp³-hybridized carbons (Fsp3) is 0.818. The summed E-state index contributed by atoms with van der Waals surface area (Å²) in [5.74, 6) is -2.21. The zero-order valence-electron chi connectivity index (χ0n) is 10.1. The minimum atomic E-state index is -1.11. The molecule has 0 amide bonds. The summed E-state index contributed by atoms with van der Waals surface area (Å²) in [5, 5.41) is 21.2. The third-order valence-electron chi connectivity index (χ3n) is 3.38. The van der Waals surface area contributed by atoms with Crippen LogP contribution in [0.2, 0.25) is 0 Å². The summed E-state index contributed by atoms with van der Waals surface area (Å²) in [6.45, 7) is 6.80. The second kappa shape index (κ2) is 6.42. The Bertz CT molecular complexity index is 259. The minimum Gasteiger partial charge on any atom is -0.550 e. The van der Waals surface area contributed by atoms with E-state index in [1.54, 1.807) is 27.7 Å². The van der Waals surface area contributed by atoms with Gasteiger partial charge in [0.25, 0.3) is 0 Å². The molecule has 5 heteroatoms. The number of hydrogen-bond donors (Lipinski definition) is 0. The maximum atomic E-state index is 10.9. The molecule has 0 rings (SSSR count). The molecule has 0 aromatic rings. The van der Waals surface area contributed by atoms with Gasteiger partial charge in [0, 0.05) is 39.7 Å². The Balaban J connectivity index is 0. The molecule has 0 aliphatic carbocycles. The monoisotopic (exact) mass is 321 g/mol. The van der Waals surface area contributed by atoms with Gasteiger partial charge in [0.1, 0.15) is 0 Å². The molecule has 0 aromatic carbocycles. The topological polar surface area (TPSA) is 80.3 Å². The van der Waals surface area contributed by atoms with Crippen molar-refractivity contribution in [3.8, 4) is 0 Å². The molecule has 99 valence electrons. The van der Waals surface area contributed by atoms with Crippen LogP contribution in [0.5, 0.6) is 0 Å². The van der Waals surface area contributed by atoms with Gasteiger partial charge in [0.2, 0.25) is 0 Å². The van der Waals surface area contributed by atoms with Crippen molar-refractivity contribution in [2.45, 2.75) is 47.0 Å². The Morgan fingerprint density at radius 3 is 1.81 bits per heavy atom. The number of carboxylic acid groups (broad SMARTS) is 2. The summed E-state index contributed by atoms with van der Waals surface area (Å²) in [6, 6.07) is 0. The second-order valence-electron chi connectivity index (χ2n) is 5.02. The number of rotatable bonds is 6. The summed E-state index contributed by atoms with van der Waals surface area (Å²) >= 11 is 0. The zero-order chi connectivity index (χ0) is 12.3. The molecule has 0 saturated heterocycles. The Morgan fingerprint density at radius 1 is 1.06 bits per heavy atom. The van der Waals surface area contributed by atoms with Crippen LogP contribution in [-0.2, 0) is 32.0 Å². The van der Waals surface area contributed by atoms with Crippen LogP contribution in [-0.4, -0.2) is 11.9 Å². The number of hydrogen-bond acceptors (Lipinski definition) is 4. The number of carbonyl (C=O) groups excluding carboxylic acids is 2. The Hall–Kier alpha value is -0.320. The molecular formula is C11H18AgO4-2. The van der Waals surface area contributed by atoms with Crippen molar-refractivity contribution < 1.29 is 42.2 Å². The fourth-order valence-corrected chi connectivity index (χ4v) is 1.26. The van der Waals surface area contributed by atoms with Gasteiger partial charge in [0.05, 0.1) is 0 Å². The molecule has 0 saturated carbocycles. The first-order valence-electron chi connectivity index (χ1n) is 5.02. The predicted octanol–water partition coefficient (Wildman–Crippen LogP) is -0.294. The van der Waals surface area contributed by atoms with Gasteiger partial charge in [-0.25, -0.2) is 0 Å². The fourth-order valence-electron chi connectivity index (χ4n) is 1.26. The summed E-state index contributed by atoms with van der Waals surface area (Å²) in [4.78, 5) is 21.2. The number of carboxylic acids is 2. The first-order valence-corrected chi connectivity index (χ1v) is 5.02. The molecule has 0 aliphatic rings. The van der Waals surface area contributed by atoms with Crippen LogP contribution in [0.25, 0.3) is 0 Å². The largest absolute Gasteiger partial charge is 0.550 e. The van der Waals surface area contributed by atoms with Crippen molar-refractivity contribution in [2.75, 3.05) is 0 Å². The summed E-state index contributed by atoms with van der Waals surface area (Å²) in [5.41, 5.74) is -1.47. The van der Waals surface area contributed by atoms with E-state index < -0.39 is 22.8 Å². The van der Waals surface area contributed by atoms with E-state index >= 15 is 0 Å². The molecule has 0 heterocycles. The average Bonchev–Trinajstić information content (AvgIpc) is 2.02. The summed E-state index contributed by atoms with van der Waals surface area (Å²) in [6.07, 6.45) is 0.903. The van der Waals surface area contributed by atoms with Crippen LogP contribution < -0.4 is 10.2 Å². The van der Waals surface area contributed by atoms with E-state index in [2.05, 4.69) is 0 Å². The molecule has 0 aromatic heterocycles. The van der Waals surface area contributed by atoms with E-state index in [4.69, 9.17) is 0 Å². The van der Waals surface area contributed by atoms with Gasteiger partial charge in [-0.1, -0.05) is 27.7 Å². The van der Waals surface area contributed by atoms with Crippen LogP contribution in [0.4, 0.5) is 0 Å². The van der Waals surface area contributed by atoms with Gasteiger partial charge >= 0.3 is 0 Å². The standard InChI is InChI=1S/C11H20O4.Ag/c1-10(2,7-5-6-8(12)13)11(3,4)9(14)15;/h5-7H2,1-4H3,(H,12,13)(H,14,15);/p-2. The van der Waals surface area contributed by atoms with Crippen LogP contribution in [0.15, 0.2) is 0 Å². The van der Waals surface area contributed by atoms with E-state index in [0.29, 0.717) is 12.8 Å². The van der Waals surface area contributed by atoms with E-state index in [0.717, 1.165) is 0 Å². The summed E-state index contributed by atoms with van der Waals surface area (Å²) < 4.78 is 0. The van der Waals surface area contributed by atoms with Crippen molar-refractivity contribution >= 4 is 11.9 Å². The van der Waals surface area contributed by atoms with Gasteiger partial charge in [-0.05, 0) is 24.7 Å². The quantitative estimate of drug-likeness (QED) is 0.629. The van der Waals surface area contributed by atoms with Crippen molar-refractivity contribution in [3.05, 3.63) is 0 Å². The van der Waals surface area contributed by atoms with E-state index in [9.17, 15) is 19.8 Å². The number of carbonyl (C=O) groups is 2. The van der Waals surface area contributed by atoms with Crippen LogP contribution in [0.3, 0.4) is 0 Å². The SMILES string of the molecule is CC(C)(CCCC(=O)[O-])C(C)(C)C(=O)[O-].[Ag]. The Labute approximate surface area is 112 Å². The maximum absolute atomic E-state index is 10.9. The van der Waals surface area contributed by atoms with Gasteiger partial charge in [-0.15, -0.1) is 0 Å². The Morgan fingerprint density at radius 2 is 1.50 bits per heavy atom. The van der Waals surface area contributed by atoms with Crippen molar-refractivity contribution in [1.82, 2.24) is 0 Å². The molecule has 0 atom stereocenters. The molecule has 0 unspecified atom stereocenters.